The molecule has 0 fully saturated rings. The van der Waals surface area contributed by atoms with Crippen LogP contribution in [0.4, 0.5) is 0 Å². The molecule has 3 rings (SSSR count). The van der Waals surface area contributed by atoms with E-state index in [0.717, 1.165) is 11.1 Å². The normalized spacial score (nSPS) is 9.95. The topological polar surface area (TPSA) is 46.2 Å². The Balaban J connectivity index is 1.78. The van der Waals surface area contributed by atoms with Crippen molar-refractivity contribution in [1.29, 1.82) is 5.26 Å². The molecule has 3 heteroatoms. The number of furan rings is 1. The quantitative estimate of drug-likeness (QED) is 0.691. The van der Waals surface area contributed by atoms with Crippen LogP contribution < -0.4 is 4.74 Å². The molecular formula is C17H11NO2. The summed E-state index contributed by atoms with van der Waals surface area (Å²) in [5.74, 6) is 1.22. The van der Waals surface area contributed by atoms with E-state index in [4.69, 9.17) is 14.4 Å². The second-order valence-corrected chi connectivity index (χ2v) is 4.22. The first-order chi connectivity index (χ1) is 9.85. The molecule has 0 aliphatic rings. The molecule has 0 spiro atoms. The molecule has 0 saturated heterocycles. The minimum absolute atomic E-state index is 0.237. The number of hydrogen-bond acceptors (Lipinski definition) is 3. The van der Waals surface area contributed by atoms with Gasteiger partial charge >= 0.3 is 0 Å². The number of benzene rings is 2. The molecule has 0 atom stereocenters. The van der Waals surface area contributed by atoms with Gasteiger partial charge in [0.15, 0.2) is 0 Å². The van der Waals surface area contributed by atoms with Gasteiger partial charge in [-0.05, 0) is 29.3 Å². The molecular weight excluding hydrogens is 250 g/mol. The Labute approximate surface area is 116 Å². The first-order valence-electron chi connectivity index (χ1n) is 6.18. The van der Waals surface area contributed by atoms with Crippen LogP contribution in [-0.4, -0.2) is 0 Å². The fourth-order valence-electron chi connectivity index (χ4n) is 1.90. The maximum Gasteiger partial charge on any atom is 0.291 e. The summed E-state index contributed by atoms with van der Waals surface area (Å²) >= 11 is 0. The van der Waals surface area contributed by atoms with E-state index in [1.165, 1.54) is 0 Å². The van der Waals surface area contributed by atoms with E-state index in [1.54, 1.807) is 12.1 Å². The Bertz CT molecular complexity index is 737. The summed E-state index contributed by atoms with van der Waals surface area (Å²) in [6.07, 6.45) is 0. The van der Waals surface area contributed by atoms with Gasteiger partial charge in [0.05, 0.1) is 0 Å². The van der Waals surface area contributed by atoms with Gasteiger partial charge in [0.25, 0.3) is 5.95 Å². The smallest absolute Gasteiger partial charge is 0.291 e. The van der Waals surface area contributed by atoms with Crippen molar-refractivity contribution in [3.8, 4) is 28.9 Å². The highest BCUT2D eigenvalue weighted by Crippen LogP contribution is 2.26. The Morgan fingerprint density at radius 1 is 0.800 bits per heavy atom. The molecule has 0 bridgehead atoms. The van der Waals surface area contributed by atoms with Crippen LogP contribution in [0.1, 0.15) is 5.76 Å². The summed E-state index contributed by atoms with van der Waals surface area (Å²) in [7, 11) is 0. The summed E-state index contributed by atoms with van der Waals surface area (Å²) in [5, 5.41) is 8.68. The van der Waals surface area contributed by atoms with Gasteiger partial charge in [-0.15, -0.1) is 0 Å². The summed E-state index contributed by atoms with van der Waals surface area (Å²) in [6.45, 7) is 0. The molecule has 1 aromatic heterocycles. The van der Waals surface area contributed by atoms with E-state index in [1.807, 2.05) is 48.5 Å². The number of ether oxygens (including phenoxy) is 1. The van der Waals surface area contributed by atoms with Crippen molar-refractivity contribution in [3.63, 3.8) is 0 Å². The van der Waals surface area contributed by atoms with Crippen molar-refractivity contribution in [2.75, 3.05) is 0 Å². The molecule has 96 valence electrons. The van der Waals surface area contributed by atoms with Crippen molar-refractivity contribution in [2.24, 2.45) is 0 Å². The summed E-state index contributed by atoms with van der Waals surface area (Å²) in [4.78, 5) is 0. The molecule has 20 heavy (non-hydrogen) atoms. The second kappa shape index (κ2) is 5.33. The molecule has 0 unspecified atom stereocenters. The van der Waals surface area contributed by atoms with E-state index < -0.39 is 0 Å². The molecule has 2 aromatic carbocycles. The SMILES string of the molecule is N#Cc1ccc(Oc2ccc(-c3ccccc3)cc2)o1. The van der Waals surface area contributed by atoms with Gasteiger partial charge in [-0.3, -0.25) is 0 Å². The average Bonchev–Trinajstić information content (AvgIpc) is 2.97. The number of hydrogen-bond donors (Lipinski definition) is 0. The lowest BCUT2D eigenvalue weighted by atomic mass is 10.1. The van der Waals surface area contributed by atoms with Gasteiger partial charge in [0.1, 0.15) is 11.8 Å². The molecule has 0 aliphatic heterocycles. The Morgan fingerprint density at radius 2 is 1.50 bits per heavy atom. The van der Waals surface area contributed by atoms with Crippen LogP contribution in [0, 0.1) is 11.3 Å². The van der Waals surface area contributed by atoms with Crippen LogP contribution in [-0.2, 0) is 0 Å². The second-order valence-electron chi connectivity index (χ2n) is 4.22. The predicted octanol–water partition coefficient (Wildman–Crippen LogP) is 4.61. The van der Waals surface area contributed by atoms with Crippen molar-refractivity contribution in [1.82, 2.24) is 0 Å². The van der Waals surface area contributed by atoms with Crippen LogP contribution in [0.5, 0.6) is 11.7 Å². The van der Waals surface area contributed by atoms with E-state index in [0.29, 0.717) is 11.7 Å². The lowest BCUT2D eigenvalue weighted by molar-refractivity contribution is 0.343. The zero-order chi connectivity index (χ0) is 13.8. The molecule has 3 nitrogen and oxygen atoms in total. The van der Waals surface area contributed by atoms with Gasteiger partial charge in [0.2, 0.25) is 5.76 Å². The largest absolute Gasteiger partial charge is 0.426 e. The third-order valence-corrected chi connectivity index (χ3v) is 2.87. The summed E-state index contributed by atoms with van der Waals surface area (Å²) in [6, 6.07) is 23.0. The Morgan fingerprint density at radius 3 is 2.15 bits per heavy atom. The molecule has 1 heterocycles. The minimum atomic E-state index is 0.237. The van der Waals surface area contributed by atoms with Gasteiger partial charge in [0, 0.05) is 6.07 Å². The highest BCUT2D eigenvalue weighted by Gasteiger charge is 2.04. The molecule has 0 saturated carbocycles. The van der Waals surface area contributed by atoms with Gasteiger partial charge in [-0.25, -0.2) is 0 Å². The van der Waals surface area contributed by atoms with Crippen LogP contribution in [0.3, 0.4) is 0 Å². The van der Waals surface area contributed by atoms with Crippen LogP contribution in [0.2, 0.25) is 0 Å². The number of nitriles is 1. The third-order valence-electron chi connectivity index (χ3n) is 2.87. The van der Waals surface area contributed by atoms with Crippen LogP contribution in [0.15, 0.2) is 71.1 Å². The zero-order valence-corrected chi connectivity index (χ0v) is 10.6. The lowest BCUT2D eigenvalue weighted by Gasteiger charge is -2.04. The maximum atomic E-state index is 8.68. The first kappa shape index (κ1) is 12.1. The maximum absolute atomic E-state index is 8.68. The fraction of sp³-hybridized carbons (Fsp3) is 0. The fourth-order valence-corrected chi connectivity index (χ4v) is 1.90. The summed E-state index contributed by atoms with van der Waals surface area (Å²) < 4.78 is 10.7. The molecule has 3 aromatic rings. The molecule has 0 amide bonds. The van der Waals surface area contributed by atoms with Crippen molar-refractivity contribution in [2.45, 2.75) is 0 Å². The van der Waals surface area contributed by atoms with Gasteiger partial charge in [-0.2, -0.15) is 5.26 Å². The highest BCUT2D eigenvalue weighted by molar-refractivity contribution is 5.63. The standard InChI is InChI=1S/C17H11NO2/c18-12-16-10-11-17(20-16)19-15-8-6-14(7-9-15)13-4-2-1-3-5-13/h1-11H. The summed E-state index contributed by atoms with van der Waals surface area (Å²) in [5.41, 5.74) is 2.28. The molecule has 0 aliphatic carbocycles. The van der Waals surface area contributed by atoms with Crippen molar-refractivity contribution >= 4 is 0 Å². The van der Waals surface area contributed by atoms with Crippen molar-refractivity contribution in [3.05, 3.63) is 72.5 Å². The van der Waals surface area contributed by atoms with E-state index in [-0.39, 0.29) is 5.76 Å². The third kappa shape index (κ3) is 2.55. The predicted molar refractivity (Wildman–Crippen MR) is 75.4 cm³/mol. The number of rotatable bonds is 3. The van der Waals surface area contributed by atoms with Crippen LogP contribution in [0.25, 0.3) is 11.1 Å². The lowest BCUT2D eigenvalue weighted by Crippen LogP contribution is -1.82. The Hall–Kier alpha value is -2.99. The number of nitrogens with zero attached hydrogens (tertiary/aromatic N) is 1. The highest BCUT2D eigenvalue weighted by atomic mass is 16.6. The van der Waals surface area contributed by atoms with Crippen LogP contribution >= 0.6 is 0 Å². The zero-order valence-electron chi connectivity index (χ0n) is 10.6. The molecule has 0 N–H and O–H groups in total. The molecule has 0 radical (unpaired) electrons. The van der Waals surface area contributed by atoms with E-state index >= 15 is 0 Å². The first-order valence-corrected chi connectivity index (χ1v) is 6.18. The van der Waals surface area contributed by atoms with Gasteiger partial charge < -0.3 is 9.15 Å². The Kier molecular flexibility index (Phi) is 3.22. The monoisotopic (exact) mass is 261 g/mol. The van der Waals surface area contributed by atoms with E-state index in [9.17, 15) is 0 Å². The average molecular weight is 261 g/mol. The minimum Gasteiger partial charge on any atom is -0.426 e. The van der Waals surface area contributed by atoms with Crippen molar-refractivity contribution < 1.29 is 9.15 Å². The van der Waals surface area contributed by atoms with Gasteiger partial charge in [-0.1, -0.05) is 42.5 Å². The van der Waals surface area contributed by atoms with E-state index in [2.05, 4.69) is 12.1 Å².